The molecular weight excluding hydrogens is 324 g/mol. The Kier molecular flexibility index (Phi) is 6.11. The highest BCUT2D eigenvalue weighted by atomic mass is 16.5. The number of carbonyl (C=O) groups is 1. The molecule has 0 aliphatic heterocycles. The Hall–Kier alpha value is -2.89. The van der Waals surface area contributed by atoms with Crippen molar-refractivity contribution in [2.75, 3.05) is 28.4 Å². The molecule has 134 valence electrons. The maximum absolute atomic E-state index is 11.7. The Balaban J connectivity index is 2.45. The van der Waals surface area contributed by atoms with Gasteiger partial charge in [0.1, 0.15) is 5.75 Å². The summed E-state index contributed by atoms with van der Waals surface area (Å²) in [4.78, 5) is 11.7. The number of aromatic carboxylic acids is 1. The Labute approximate surface area is 146 Å². The lowest BCUT2D eigenvalue weighted by Crippen LogP contribution is -2.09. The average molecular weight is 346 g/mol. The number of carboxylic acids is 1. The van der Waals surface area contributed by atoms with E-state index >= 15 is 0 Å². The molecule has 0 amide bonds. The zero-order valence-electron chi connectivity index (χ0n) is 14.8. The van der Waals surface area contributed by atoms with Gasteiger partial charge in [-0.15, -0.1) is 0 Å². The van der Waals surface area contributed by atoms with Gasteiger partial charge in [-0.3, -0.25) is 0 Å². The van der Waals surface area contributed by atoms with Gasteiger partial charge in [0.15, 0.2) is 11.5 Å². The molecule has 0 saturated carbocycles. The van der Waals surface area contributed by atoms with E-state index in [0.29, 0.717) is 35.7 Å². The molecule has 0 saturated heterocycles. The summed E-state index contributed by atoms with van der Waals surface area (Å²) in [6, 6.07) is 9.12. The summed E-state index contributed by atoms with van der Waals surface area (Å²) in [7, 11) is 6.04. The summed E-state index contributed by atoms with van der Waals surface area (Å²) < 4.78 is 21.3. The summed E-state index contributed by atoms with van der Waals surface area (Å²) >= 11 is 0. The van der Waals surface area contributed by atoms with Crippen LogP contribution in [-0.4, -0.2) is 39.5 Å². The molecule has 0 radical (unpaired) electrons. The lowest BCUT2D eigenvalue weighted by Gasteiger charge is -2.18. The summed E-state index contributed by atoms with van der Waals surface area (Å²) in [6.07, 6.45) is 1.10. The molecule has 2 aromatic carbocycles. The summed E-state index contributed by atoms with van der Waals surface area (Å²) in [6.45, 7) is 0. The molecule has 2 aromatic rings. The molecular formula is C19H22O6. The first kappa shape index (κ1) is 18.4. The third-order valence-electron chi connectivity index (χ3n) is 3.96. The minimum Gasteiger partial charge on any atom is -0.497 e. The molecule has 0 unspecified atom stereocenters. The predicted molar refractivity (Wildman–Crippen MR) is 93.5 cm³/mol. The van der Waals surface area contributed by atoms with Crippen molar-refractivity contribution in [1.29, 1.82) is 0 Å². The molecule has 25 heavy (non-hydrogen) atoms. The number of benzene rings is 2. The summed E-state index contributed by atoms with van der Waals surface area (Å²) in [5, 5.41) is 9.58. The number of ether oxygens (including phenoxy) is 4. The van der Waals surface area contributed by atoms with Gasteiger partial charge in [0.05, 0.1) is 34.0 Å². The number of hydrogen-bond acceptors (Lipinski definition) is 5. The summed E-state index contributed by atoms with van der Waals surface area (Å²) in [5.74, 6) is 0.801. The molecule has 0 aromatic heterocycles. The van der Waals surface area contributed by atoms with Crippen molar-refractivity contribution < 1.29 is 28.8 Å². The molecule has 6 heteroatoms. The van der Waals surface area contributed by atoms with Crippen LogP contribution in [0.2, 0.25) is 0 Å². The molecule has 0 atom stereocenters. The van der Waals surface area contributed by atoms with Crippen molar-refractivity contribution in [3.05, 3.63) is 47.0 Å². The van der Waals surface area contributed by atoms with Crippen LogP contribution >= 0.6 is 0 Å². The van der Waals surface area contributed by atoms with E-state index in [1.165, 1.54) is 27.4 Å². The number of carboxylic acid groups (broad SMARTS) is 1. The minimum absolute atomic E-state index is 0.136. The maximum atomic E-state index is 11.7. The van der Waals surface area contributed by atoms with E-state index in [-0.39, 0.29) is 5.56 Å². The molecule has 2 rings (SSSR count). The number of aryl methyl sites for hydroxylation is 1. The number of rotatable bonds is 8. The van der Waals surface area contributed by atoms with E-state index in [2.05, 4.69) is 0 Å². The van der Waals surface area contributed by atoms with Gasteiger partial charge in [-0.2, -0.15) is 0 Å². The second-order valence-corrected chi connectivity index (χ2v) is 5.33. The molecule has 0 fully saturated rings. The van der Waals surface area contributed by atoms with Crippen LogP contribution in [0.15, 0.2) is 30.3 Å². The Morgan fingerprint density at radius 2 is 1.64 bits per heavy atom. The second kappa shape index (κ2) is 8.28. The first-order valence-corrected chi connectivity index (χ1v) is 7.73. The second-order valence-electron chi connectivity index (χ2n) is 5.33. The van der Waals surface area contributed by atoms with Gasteiger partial charge in [-0.25, -0.2) is 4.79 Å². The molecule has 1 N–H and O–H groups in total. The zero-order valence-corrected chi connectivity index (χ0v) is 14.8. The van der Waals surface area contributed by atoms with Crippen LogP contribution in [-0.2, 0) is 12.8 Å². The fourth-order valence-corrected chi connectivity index (χ4v) is 2.75. The molecule has 0 aliphatic rings. The van der Waals surface area contributed by atoms with Gasteiger partial charge in [-0.1, -0.05) is 12.1 Å². The fourth-order valence-electron chi connectivity index (χ4n) is 2.75. The average Bonchev–Trinajstić information content (AvgIpc) is 2.64. The minimum atomic E-state index is -1.04. The van der Waals surface area contributed by atoms with Crippen molar-refractivity contribution >= 4 is 5.97 Å². The smallest absolute Gasteiger partial charge is 0.336 e. The van der Waals surface area contributed by atoms with Gasteiger partial charge >= 0.3 is 5.97 Å². The Morgan fingerprint density at radius 3 is 2.20 bits per heavy atom. The van der Waals surface area contributed by atoms with Crippen LogP contribution in [0.3, 0.4) is 0 Å². The highest BCUT2D eigenvalue weighted by Gasteiger charge is 2.23. The van der Waals surface area contributed by atoms with E-state index in [1.807, 2.05) is 24.3 Å². The molecule has 0 aliphatic carbocycles. The quantitative estimate of drug-likeness (QED) is 0.791. The number of methoxy groups -OCH3 is 4. The van der Waals surface area contributed by atoms with Gasteiger partial charge < -0.3 is 24.1 Å². The van der Waals surface area contributed by atoms with E-state index in [9.17, 15) is 9.90 Å². The molecule has 0 spiro atoms. The highest BCUT2D eigenvalue weighted by molar-refractivity contribution is 5.92. The van der Waals surface area contributed by atoms with Gasteiger partial charge in [-0.05, 0) is 36.6 Å². The van der Waals surface area contributed by atoms with Crippen molar-refractivity contribution in [3.8, 4) is 23.0 Å². The third-order valence-corrected chi connectivity index (χ3v) is 3.96. The van der Waals surface area contributed by atoms with E-state index in [4.69, 9.17) is 18.9 Å². The lowest BCUT2D eigenvalue weighted by molar-refractivity contribution is 0.0694. The molecule has 6 nitrogen and oxygen atoms in total. The fraction of sp³-hybridized carbons (Fsp3) is 0.316. The van der Waals surface area contributed by atoms with Crippen molar-refractivity contribution in [1.82, 2.24) is 0 Å². The highest BCUT2D eigenvalue weighted by Crippen LogP contribution is 2.42. The van der Waals surface area contributed by atoms with Crippen LogP contribution < -0.4 is 18.9 Å². The molecule has 0 heterocycles. The van der Waals surface area contributed by atoms with Crippen molar-refractivity contribution in [3.63, 3.8) is 0 Å². The Bertz CT molecular complexity index is 754. The van der Waals surface area contributed by atoms with E-state index in [1.54, 1.807) is 7.11 Å². The Morgan fingerprint density at radius 1 is 0.920 bits per heavy atom. The topological polar surface area (TPSA) is 74.2 Å². The lowest BCUT2D eigenvalue weighted by atomic mass is 9.97. The molecule has 0 bridgehead atoms. The largest absolute Gasteiger partial charge is 0.497 e. The SMILES string of the molecule is COc1cccc(CCc2c(C(=O)O)cc(OC)c(OC)c2OC)c1. The van der Waals surface area contributed by atoms with Crippen LogP contribution in [0.1, 0.15) is 21.5 Å². The van der Waals surface area contributed by atoms with Crippen LogP contribution in [0.25, 0.3) is 0 Å². The summed E-state index contributed by atoms with van der Waals surface area (Å²) in [5.41, 5.74) is 1.74. The first-order chi connectivity index (χ1) is 12.0. The van der Waals surface area contributed by atoms with Crippen LogP contribution in [0.5, 0.6) is 23.0 Å². The normalized spacial score (nSPS) is 10.2. The van der Waals surface area contributed by atoms with Crippen molar-refractivity contribution in [2.24, 2.45) is 0 Å². The monoisotopic (exact) mass is 346 g/mol. The maximum Gasteiger partial charge on any atom is 0.336 e. The third kappa shape index (κ3) is 3.96. The van der Waals surface area contributed by atoms with Gasteiger partial charge in [0.2, 0.25) is 5.75 Å². The zero-order chi connectivity index (χ0) is 18.4. The standard InChI is InChI=1S/C19H22O6/c1-22-13-7-5-6-12(10-13)8-9-14-15(19(20)21)11-16(23-2)18(25-4)17(14)24-3/h5-7,10-11H,8-9H2,1-4H3,(H,20,21). The first-order valence-electron chi connectivity index (χ1n) is 7.73. The van der Waals surface area contributed by atoms with Crippen LogP contribution in [0, 0.1) is 0 Å². The van der Waals surface area contributed by atoms with Gasteiger partial charge in [0, 0.05) is 5.56 Å². The predicted octanol–water partition coefficient (Wildman–Crippen LogP) is 3.20. The van der Waals surface area contributed by atoms with Crippen LogP contribution in [0.4, 0.5) is 0 Å². The van der Waals surface area contributed by atoms with E-state index in [0.717, 1.165) is 11.3 Å². The van der Waals surface area contributed by atoms with Gasteiger partial charge in [0.25, 0.3) is 0 Å². The van der Waals surface area contributed by atoms with Crippen molar-refractivity contribution in [2.45, 2.75) is 12.8 Å². The number of hydrogen-bond donors (Lipinski definition) is 1. The van der Waals surface area contributed by atoms with E-state index < -0.39 is 5.97 Å².